The van der Waals surface area contributed by atoms with Gasteiger partial charge in [0.25, 0.3) is 0 Å². The lowest BCUT2D eigenvalue weighted by Gasteiger charge is -2.34. The van der Waals surface area contributed by atoms with E-state index in [1.165, 1.54) is 0 Å². The Morgan fingerprint density at radius 3 is 2.52 bits per heavy atom. The summed E-state index contributed by atoms with van der Waals surface area (Å²) in [6.45, 7) is 2.32. The van der Waals surface area contributed by atoms with Gasteiger partial charge in [-0.05, 0) is 24.8 Å². The molecule has 3 rings (SSSR count). The van der Waals surface area contributed by atoms with Crippen LogP contribution in [-0.2, 0) is 16.0 Å². The first kappa shape index (κ1) is 16.0. The van der Waals surface area contributed by atoms with E-state index >= 15 is 0 Å². The van der Waals surface area contributed by atoms with Crippen LogP contribution in [0.2, 0.25) is 0 Å². The first-order chi connectivity index (χ1) is 11.1. The van der Waals surface area contributed by atoms with E-state index in [9.17, 15) is 14.7 Å². The molecule has 0 radical (unpaired) electrons. The summed E-state index contributed by atoms with van der Waals surface area (Å²) in [4.78, 5) is 28.6. The Morgan fingerprint density at radius 2 is 1.83 bits per heavy atom. The zero-order valence-corrected chi connectivity index (χ0v) is 13.4. The first-order valence-corrected chi connectivity index (χ1v) is 8.42. The van der Waals surface area contributed by atoms with Gasteiger partial charge < -0.3 is 14.9 Å². The number of piperidine rings is 1. The van der Waals surface area contributed by atoms with Gasteiger partial charge in [0.15, 0.2) is 0 Å². The van der Waals surface area contributed by atoms with Crippen molar-refractivity contribution in [3.8, 4) is 0 Å². The zero-order chi connectivity index (χ0) is 16.2. The molecule has 2 heterocycles. The Bertz CT molecular complexity index is 561. The van der Waals surface area contributed by atoms with E-state index in [-0.39, 0.29) is 17.7 Å². The second-order valence-electron chi connectivity index (χ2n) is 6.57. The molecule has 1 unspecified atom stereocenters. The normalized spacial score (nSPS) is 24.7. The second kappa shape index (κ2) is 7.13. The van der Waals surface area contributed by atoms with Crippen LogP contribution in [0, 0.1) is 5.92 Å². The van der Waals surface area contributed by atoms with Crippen LogP contribution in [0.3, 0.4) is 0 Å². The van der Waals surface area contributed by atoms with E-state index in [4.69, 9.17) is 0 Å². The zero-order valence-electron chi connectivity index (χ0n) is 13.4. The summed E-state index contributed by atoms with van der Waals surface area (Å²) in [5.41, 5.74) is 1.01. The van der Waals surface area contributed by atoms with Crippen molar-refractivity contribution in [3.05, 3.63) is 35.9 Å². The lowest BCUT2D eigenvalue weighted by molar-refractivity contribution is -0.140. The van der Waals surface area contributed by atoms with Gasteiger partial charge in [0.05, 0.1) is 18.4 Å². The fraction of sp³-hybridized carbons (Fsp3) is 0.556. The number of hydrogen-bond acceptors (Lipinski definition) is 3. The molecule has 2 atom stereocenters. The summed E-state index contributed by atoms with van der Waals surface area (Å²) in [6.07, 6.45) is 2.37. The maximum atomic E-state index is 12.5. The molecule has 23 heavy (non-hydrogen) atoms. The molecule has 0 bridgehead atoms. The van der Waals surface area contributed by atoms with Crippen molar-refractivity contribution in [2.45, 2.75) is 31.8 Å². The number of nitrogens with zero attached hydrogens (tertiary/aromatic N) is 2. The highest BCUT2D eigenvalue weighted by Crippen LogP contribution is 2.22. The Morgan fingerprint density at radius 1 is 1.04 bits per heavy atom. The van der Waals surface area contributed by atoms with Crippen LogP contribution in [0.5, 0.6) is 0 Å². The third kappa shape index (κ3) is 3.91. The number of rotatable bonds is 3. The molecule has 5 nitrogen and oxygen atoms in total. The van der Waals surface area contributed by atoms with Crippen LogP contribution in [0.15, 0.2) is 30.3 Å². The average molecular weight is 316 g/mol. The van der Waals surface area contributed by atoms with Gasteiger partial charge in [0.1, 0.15) is 0 Å². The number of benzene rings is 1. The summed E-state index contributed by atoms with van der Waals surface area (Å²) < 4.78 is 0. The smallest absolute Gasteiger partial charge is 0.227 e. The van der Waals surface area contributed by atoms with E-state index in [2.05, 4.69) is 0 Å². The van der Waals surface area contributed by atoms with Gasteiger partial charge in [0.2, 0.25) is 11.8 Å². The van der Waals surface area contributed by atoms with E-state index in [0.717, 1.165) is 24.9 Å². The molecular formula is C18H24N2O3. The Balaban J connectivity index is 1.57. The number of carbonyl (C=O) groups excluding carboxylic acids is 2. The van der Waals surface area contributed by atoms with Crippen LogP contribution in [0.4, 0.5) is 0 Å². The van der Waals surface area contributed by atoms with E-state index < -0.39 is 6.10 Å². The number of hydrogen-bond donors (Lipinski definition) is 1. The quantitative estimate of drug-likeness (QED) is 0.907. The lowest BCUT2D eigenvalue weighted by Crippen LogP contribution is -2.46. The summed E-state index contributed by atoms with van der Waals surface area (Å²) in [7, 11) is 0. The molecule has 2 saturated heterocycles. The molecule has 2 fully saturated rings. The first-order valence-electron chi connectivity index (χ1n) is 8.42. The van der Waals surface area contributed by atoms with Crippen molar-refractivity contribution in [3.63, 3.8) is 0 Å². The van der Waals surface area contributed by atoms with Crippen molar-refractivity contribution < 1.29 is 14.7 Å². The molecule has 2 aliphatic rings. The molecule has 0 saturated carbocycles. The van der Waals surface area contributed by atoms with Crippen molar-refractivity contribution in [2.24, 2.45) is 5.92 Å². The Labute approximate surface area is 136 Å². The largest absolute Gasteiger partial charge is 0.391 e. The highest BCUT2D eigenvalue weighted by atomic mass is 16.3. The van der Waals surface area contributed by atoms with Gasteiger partial charge in [-0.1, -0.05) is 30.3 Å². The minimum atomic E-state index is -0.390. The fourth-order valence-electron chi connectivity index (χ4n) is 3.49. The molecule has 1 aromatic rings. The highest BCUT2D eigenvalue weighted by Gasteiger charge is 2.33. The highest BCUT2D eigenvalue weighted by molar-refractivity contribution is 5.82. The molecule has 2 amide bonds. The topological polar surface area (TPSA) is 60.9 Å². The molecular weight excluding hydrogens is 292 g/mol. The maximum absolute atomic E-state index is 12.5. The van der Waals surface area contributed by atoms with E-state index in [1.54, 1.807) is 4.90 Å². The van der Waals surface area contributed by atoms with Crippen molar-refractivity contribution >= 4 is 11.8 Å². The second-order valence-corrected chi connectivity index (χ2v) is 6.57. The molecule has 124 valence electrons. The molecule has 0 spiro atoms. The summed E-state index contributed by atoms with van der Waals surface area (Å²) in [5.74, 6) is 0.0719. The van der Waals surface area contributed by atoms with Crippen LogP contribution in [0.25, 0.3) is 0 Å². The van der Waals surface area contributed by atoms with Crippen molar-refractivity contribution in [2.75, 3.05) is 26.2 Å². The van der Waals surface area contributed by atoms with Gasteiger partial charge in [-0.2, -0.15) is 0 Å². The number of aliphatic hydroxyl groups is 1. The predicted octanol–water partition coefficient (Wildman–Crippen LogP) is 1.06. The lowest BCUT2D eigenvalue weighted by atomic mass is 9.96. The molecule has 5 heteroatoms. The Hall–Kier alpha value is -1.88. The SMILES string of the molecule is O=C(Cc1ccccc1)N1CCCC(C(=O)N2CC[C@@H](O)C2)C1. The monoisotopic (exact) mass is 316 g/mol. The van der Waals surface area contributed by atoms with E-state index in [0.29, 0.717) is 32.5 Å². The number of carbonyl (C=O) groups is 2. The molecule has 1 N–H and O–H groups in total. The average Bonchev–Trinajstić information content (AvgIpc) is 3.01. The number of amides is 2. The fourth-order valence-corrected chi connectivity index (χ4v) is 3.49. The van der Waals surface area contributed by atoms with Crippen molar-refractivity contribution in [1.29, 1.82) is 0 Å². The van der Waals surface area contributed by atoms with Gasteiger partial charge in [-0.15, -0.1) is 0 Å². The van der Waals surface area contributed by atoms with E-state index in [1.807, 2.05) is 35.2 Å². The number of likely N-dealkylation sites (tertiary alicyclic amines) is 2. The number of aliphatic hydroxyl groups excluding tert-OH is 1. The predicted molar refractivity (Wildman–Crippen MR) is 86.7 cm³/mol. The number of β-amino-alcohol motifs (C(OH)–C–C–N with tert-alkyl or cyclic N) is 1. The molecule has 0 aromatic heterocycles. The van der Waals surface area contributed by atoms with Gasteiger partial charge >= 0.3 is 0 Å². The van der Waals surface area contributed by atoms with Crippen LogP contribution < -0.4 is 0 Å². The summed E-state index contributed by atoms with van der Waals surface area (Å²) in [5, 5.41) is 9.59. The molecule has 1 aromatic carbocycles. The van der Waals surface area contributed by atoms with Crippen LogP contribution >= 0.6 is 0 Å². The van der Waals surface area contributed by atoms with Crippen LogP contribution in [0.1, 0.15) is 24.8 Å². The Kier molecular flexibility index (Phi) is 4.96. The minimum Gasteiger partial charge on any atom is -0.391 e. The molecule has 0 aliphatic carbocycles. The third-order valence-electron chi connectivity index (χ3n) is 4.80. The van der Waals surface area contributed by atoms with Gasteiger partial charge in [-0.25, -0.2) is 0 Å². The van der Waals surface area contributed by atoms with Crippen LogP contribution in [-0.4, -0.2) is 59.0 Å². The third-order valence-corrected chi connectivity index (χ3v) is 4.80. The van der Waals surface area contributed by atoms with Crippen molar-refractivity contribution in [1.82, 2.24) is 9.80 Å². The van der Waals surface area contributed by atoms with Gasteiger partial charge in [-0.3, -0.25) is 9.59 Å². The maximum Gasteiger partial charge on any atom is 0.227 e. The standard InChI is InChI=1S/C18H24N2O3/c21-16-8-10-20(13-16)18(23)15-7-4-9-19(12-15)17(22)11-14-5-2-1-3-6-14/h1-3,5-6,15-16,21H,4,7-13H2/t15?,16-/m1/s1. The van der Waals surface area contributed by atoms with Gasteiger partial charge in [0, 0.05) is 26.2 Å². The minimum absolute atomic E-state index is 0.0927. The molecule has 2 aliphatic heterocycles. The summed E-state index contributed by atoms with van der Waals surface area (Å²) in [6, 6.07) is 9.72. The summed E-state index contributed by atoms with van der Waals surface area (Å²) >= 11 is 0.